The quantitative estimate of drug-likeness (QED) is 0.896. The molecule has 3 nitrogen and oxygen atoms in total. The van der Waals surface area contributed by atoms with Crippen molar-refractivity contribution in [3.63, 3.8) is 0 Å². The van der Waals surface area contributed by atoms with Gasteiger partial charge in [0.1, 0.15) is 0 Å². The average Bonchev–Trinajstić information content (AvgIpc) is 2.63. The molecular formula is C15H23ClN2O. The minimum atomic E-state index is -0.00989. The van der Waals surface area contributed by atoms with Gasteiger partial charge in [0.05, 0.1) is 23.4 Å². The molecule has 1 aliphatic rings. The van der Waals surface area contributed by atoms with Crippen molar-refractivity contribution in [1.82, 2.24) is 0 Å². The van der Waals surface area contributed by atoms with Crippen molar-refractivity contribution in [2.24, 2.45) is 5.73 Å². The summed E-state index contributed by atoms with van der Waals surface area (Å²) < 4.78 is 0. The van der Waals surface area contributed by atoms with Crippen LogP contribution in [0.4, 0.5) is 5.69 Å². The Morgan fingerprint density at radius 3 is 2.84 bits per heavy atom. The molecule has 0 saturated carbocycles. The lowest BCUT2D eigenvalue weighted by Gasteiger charge is -2.31. The zero-order valence-corrected chi connectivity index (χ0v) is 12.2. The summed E-state index contributed by atoms with van der Waals surface area (Å²) in [5.74, 6) is 0. The number of aliphatic hydroxyl groups excluding tert-OH is 1. The van der Waals surface area contributed by atoms with Crippen molar-refractivity contribution in [3.8, 4) is 0 Å². The van der Waals surface area contributed by atoms with Crippen molar-refractivity contribution in [2.75, 3.05) is 18.1 Å². The molecule has 1 fully saturated rings. The average molecular weight is 283 g/mol. The molecule has 1 aromatic rings. The summed E-state index contributed by atoms with van der Waals surface area (Å²) in [7, 11) is 0. The van der Waals surface area contributed by atoms with Gasteiger partial charge in [0.15, 0.2) is 0 Å². The van der Waals surface area contributed by atoms with Crippen LogP contribution < -0.4 is 10.6 Å². The van der Waals surface area contributed by atoms with Crippen LogP contribution >= 0.6 is 11.6 Å². The van der Waals surface area contributed by atoms with Crippen LogP contribution in [0.15, 0.2) is 18.2 Å². The Bertz CT molecular complexity index is 423. The van der Waals surface area contributed by atoms with E-state index in [0.29, 0.717) is 0 Å². The lowest BCUT2D eigenvalue weighted by Crippen LogP contribution is -2.37. The highest BCUT2D eigenvalue weighted by Gasteiger charge is 2.22. The number of aliphatic hydroxyl groups is 1. The highest BCUT2D eigenvalue weighted by Crippen LogP contribution is 2.32. The van der Waals surface area contributed by atoms with Crippen molar-refractivity contribution in [3.05, 3.63) is 28.8 Å². The first-order valence-electron chi connectivity index (χ1n) is 7.06. The van der Waals surface area contributed by atoms with E-state index in [1.54, 1.807) is 0 Å². The second kappa shape index (κ2) is 6.60. The summed E-state index contributed by atoms with van der Waals surface area (Å²) in [6.07, 6.45) is 4.59. The predicted octanol–water partition coefficient (Wildman–Crippen LogP) is 3.10. The first-order chi connectivity index (χ1) is 9.13. The Kier molecular flexibility index (Phi) is 5.08. The van der Waals surface area contributed by atoms with Gasteiger partial charge in [-0.25, -0.2) is 0 Å². The fraction of sp³-hybridized carbons (Fsp3) is 0.600. The molecular weight excluding hydrogens is 260 g/mol. The summed E-state index contributed by atoms with van der Waals surface area (Å²) in [5.41, 5.74) is 7.94. The lowest BCUT2D eigenvalue weighted by molar-refractivity contribution is 0.255. The van der Waals surface area contributed by atoms with Crippen LogP contribution in [0.3, 0.4) is 0 Å². The molecule has 2 rings (SSSR count). The van der Waals surface area contributed by atoms with E-state index in [-0.39, 0.29) is 18.7 Å². The molecule has 4 heteroatoms. The van der Waals surface area contributed by atoms with Gasteiger partial charge in [0, 0.05) is 12.6 Å². The molecule has 2 atom stereocenters. The van der Waals surface area contributed by atoms with E-state index in [1.807, 2.05) is 25.1 Å². The van der Waals surface area contributed by atoms with Crippen LogP contribution in [0.1, 0.15) is 44.2 Å². The molecule has 0 aromatic heterocycles. The number of nitrogens with two attached hydrogens (primary N) is 1. The Labute approximate surface area is 120 Å². The van der Waals surface area contributed by atoms with Crippen LogP contribution in [-0.2, 0) is 0 Å². The standard InChI is InChI=1S/C15H23ClN2O/c1-11(17)12-6-7-15(14(16)9-12)18-8-4-2-3-5-13(18)10-19/h6-7,9,11,13,19H,2-5,8,10,17H2,1H3/t11-,13?/m0/s1. The second-order valence-corrected chi connectivity index (χ2v) is 5.79. The number of hydrogen-bond donors (Lipinski definition) is 2. The third-order valence-corrected chi connectivity index (χ3v) is 4.20. The second-order valence-electron chi connectivity index (χ2n) is 5.38. The van der Waals surface area contributed by atoms with Gasteiger partial charge in [0.2, 0.25) is 0 Å². The molecule has 3 N–H and O–H groups in total. The minimum absolute atomic E-state index is 0.00989. The number of rotatable bonds is 3. The lowest BCUT2D eigenvalue weighted by atomic mass is 10.1. The summed E-state index contributed by atoms with van der Waals surface area (Å²) >= 11 is 6.40. The van der Waals surface area contributed by atoms with E-state index in [0.717, 1.165) is 35.7 Å². The maximum absolute atomic E-state index is 9.58. The molecule has 106 valence electrons. The Hall–Kier alpha value is -0.770. The van der Waals surface area contributed by atoms with Crippen molar-refractivity contribution in [1.29, 1.82) is 0 Å². The molecule has 0 amide bonds. The molecule has 1 aromatic carbocycles. The number of nitrogens with zero attached hydrogens (tertiary/aromatic N) is 1. The molecule has 1 aliphatic heterocycles. The third-order valence-electron chi connectivity index (χ3n) is 3.89. The van der Waals surface area contributed by atoms with E-state index < -0.39 is 0 Å². The van der Waals surface area contributed by atoms with E-state index >= 15 is 0 Å². The number of halogens is 1. The van der Waals surface area contributed by atoms with Crippen molar-refractivity contribution in [2.45, 2.75) is 44.7 Å². The molecule has 0 aliphatic carbocycles. The summed E-state index contributed by atoms with van der Waals surface area (Å²) in [5, 5.41) is 10.3. The highest BCUT2D eigenvalue weighted by molar-refractivity contribution is 6.33. The fourth-order valence-corrected chi connectivity index (χ4v) is 3.02. The normalized spacial score (nSPS) is 22.1. The number of benzene rings is 1. The minimum Gasteiger partial charge on any atom is -0.394 e. The van der Waals surface area contributed by atoms with E-state index in [2.05, 4.69) is 4.90 Å². The largest absolute Gasteiger partial charge is 0.394 e. The maximum Gasteiger partial charge on any atom is 0.0643 e. The molecule has 19 heavy (non-hydrogen) atoms. The maximum atomic E-state index is 9.58. The van der Waals surface area contributed by atoms with E-state index in [9.17, 15) is 5.11 Å². The number of anilines is 1. The Balaban J connectivity index is 2.28. The zero-order valence-electron chi connectivity index (χ0n) is 11.5. The van der Waals surface area contributed by atoms with Crippen LogP contribution in [0.25, 0.3) is 0 Å². The van der Waals surface area contributed by atoms with Crippen LogP contribution in [0.2, 0.25) is 5.02 Å². The zero-order chi connectivity index (χ0) is 13.8. The topological polar surface area (TPSA) is 49.5 Å². The van der Waals surface area contributed by atoms with Gasteiger partial charge in [-0.2, -0.15) is 0 Å². The highest BCUT2D eigenvalue weighted by atomic mass is 35.5. The molecule has 0 radical (unpaired) electrons. The monoisotopic (exact) mass is 282 g/mol. The molecule has 1 saturated heterocycles. The van der Waals surface area contributed by atoms with Crippen molar-refractivity contribution < 1.29 is 5.11 Å². The molecule has 0 spiro atoms. The van der Waals surface area contributed by atoms with Crippen LogP contribution in [0.5, 0.6) is 0 Å². The van der Waals surface area contributed by atoms with Gasteiger partial charge >= 0.3 is 0 Å². The Morgan fingerprint density at radius 1 is 1.42 bits per heavy atom. The van der Waals surface area contributed by atoms with Gasteiger partial charge in [-0.15, -0.1) is 0 Å². The van der Waals surface area contributed by atoms with Gasteiger partial charge < -0.3 is 15.7 Å². The SMILES string of the molecule is C[C@H](N)c1ccc(N2CCCCCC2CO)c(Cl)c1. The summed E-state index contributed by atoms with van der Waals surface area (Å²) in [4.78, 5) is 2.25. The third kappa shape index (κ3) is 3.41. The van der Waals surface area contributed by atoms with Crippen molar-refractivity contribution >= 4 is 17.3 Å². The van der Waals surface area contributed by atoms with E-state index in [1.165, 1.54) is 12.8 Å². The summed E-state index contributed by atoms with van der Waals surface area (Å²) in [6, 6.07) is 6.19. The summed E-state index contributed by atoms with van der Waals surface area (Å²) in [6.45, 7) is 3.10. The van der Waals surface area contributed by atoms with E-state index in [4.69, 9.17) is 17.3 Å². The molecule has 1 unspecified atom stereocenters. The van der Waals surface area contributed by atoms with Crippen LogP contribution in [-0.4, -0.2) is 24.3 Å². The van der Waals surface area contributed by atoms with Gasteiger partial charge in [-0.1, -0.05) is 30.5 Å². The fourth-order valence-electron chi connectivity index (χ4n) is 2.72. The van der Waals surface area contributed by atoms with Crippen LogP contribution in [0, 0.1) is 0 Å². The van der Waals surface area contributed by atoms with Gasteiger partial charge in [-0.05, 0) is 37.5 Å². The predicted molar refractivity (Wildman–Crippen MR) is 80.7 cm³/mol. The van der Waals surface area contributed by atoms with Gasteiger partial charge in [-0.3, -0.25) is 0 Å². The molecule has 0 bridgehead atoms. The first-order valence-corrected chi connectivity index (χ1v) is 7.44. The number of hydrogen-bond acceptors (Lipinski definition) is 3. The molecule has 1 heterocycles. The Morgan fingerprint density at radius 2 is 2.21 bits per heavy atom. The van der Waals surface area contributed by atoms with Gasteiger partial charge in [0.25, 0.3) is 0 Å². The first kappa shape index (κ1) is 14.6. The smallest absolute Gasteiger partial charge is 0.0643 e.